The molecule has 162 valence electrons. The van der Waals surface area contributed by atoms with Crippen LogP contribution < -0.4 is 10.6 Å². The molecule has 0 unspecified atom stereocenters. The number of nitrogens with zero attached hydrogens (tertiary/aromatic N) is 5. The highest BCUT2D eigenvalue weighted by molar-refractivity contribution is 6.01. The van der Waals surface area contributed by atoms with Crippen molar-refractivity contribution in [2.45, 2.75) is 26.2 Å². The molecule has 2 N–H and O–H groups in total. The second-order valence-corrected chi connectivity index (χ2v) is 9.04. The maximum atomic E-state index is 13.1. The van der Waals surface area contributed by atoms with Crippen LogP contribution in [-0.2, 0) is 11.8 Å². The van der Waals surface area contributed by atoms with Gasteiger partial charge in [0.1, 0.15) is 5.82 Å². The van der Waals surface area contributed by atoms with Gasteiger partial charge in [-0.05, 0) is 37.8 Å². The minimum Gasteiger partial charge on any atom is -0.359 e. The van der Waals surface area contributed by atoms with Crippen LogP contribution in [0.15, 0.2) is 30.7 Å². The predicted molar refractivity (Wildman–Crippen MR) is 116 cm³/mol. The van der Waals surface area contributed by atoms with Crippen molar-refractivity contribution < 1.29 is 9.59 Å². The highest BCUT2D eigenvalue weighted by atomic mass is 16.2. The molecule has 9 nitrogen and oxygen atoms in total. The Morgan fingerprint density at radius 3 is 2.68 bits per heavy atom. The molecule has 2 aliphatic rings. The molecule has 1 aliphatic carbocycles. The average molecular weight is 422 g/mol. The van der Waals surface area contributed by atoms with Gasteiger partial charge in [-0.15, -0.1) is 0 Å². The zero-order valence-corrected chi connectivity index (χ0v) is 18.1. The molecule has 0 aromatic carbocycles. The summed E-state index contributed by atoms with van der Waals surface area (Å²) < 4.78 is 3.52. The highest BCUT2D eigenvalue weighted by Gasteiger charge is 2.53. The van der Waals surface area contributed by atoms with Crippen molar-refractivity contribution in [3.05, 3.63) is 41.9 Å². The maximum Gasteiger partial charge on any atom is 0.257 e. The van der Waals surface area contributed by atoms with Gasteiger partial charge in [-0.2, -0.15) is 10.2 Å². The standard InChI is InChI=1S/C22H27N7O2/c1-14-10-24-27(3)20(14)26-16-4-5-29-18(7-16)17(11-25-29)21(31)28-12-22(13-28)8-15(9-22)6-19(30)23-2/h4-5,7,10-11,15,26H,6,8-9,12-13H2,1-3H3,(H,23,30). The lowest BCUT2D eigenvalue weighted by Crippen LogP contribution is -2.63. The number of fused-ring (bicyclic) bond motifs is 1. The molecular formula is C22H27N7O2. The van der Waals surface area contributed by atoms with E-state index in [1.807, 2.05) is 43.4 Å². The molecule has 31 heavy (non-hydrogen) atoms. The Labute approximate surface area is 180 Å². The van der Waals surface area contributed by atoms with Crippen LogP contribution in [0.3, 0.4) is 0 Å². The van der Waals surface area contributed by atoms with Crippen LogP contribution in [0, 0.1) is 18.3 Å². The number of hydrogen-bond donors (Lipinski definition) is 2. The zero-order chi connectivity index (χ0) is 21.8. The Morgan fingerprint density at radius 1 is 1.23 bits per heavy atom. The summed E-state index contributed by atoms with van der Waals surface area (Å²) in [5.41, 5.74) is 3.53. The number of likely N-dealkylation sites (tertiary alicyclic amines) is 1. The Balaban J connectivity index is 1.28. The molecule has 0 atom stereocenters. The van der Waals surface area contributed by atoms with Gasteiger partial charge in [-0.1, -0.05) is 0 Å². The van der Waals surface area contributed by atoms with Crippen molar-refractivity contribution in [3.63, 3.8) is 0 Å². The number of nitrogens with one attached hydrogen (secondary N) is 2. The summed E-state index contributed by atoms with van der Waals surface area (Å²) in [6, 6.07) is 3.88. The molecule has 1 aliphatic heterocycles. The highest BCUT2D eigenvalue weighted by Crippen LogP contribution is 2.53. The molecule has 0 bridgehead atoms. The number of carbonyl (C=O) groups excluding carboxylic acids is 2. The number of aromatic nitrogens is 4. The fourth-order valence-electron chi connectivity index (χ4n) is 5.10. The van der Waals surface area contributed by atoms with Gasteiger partial charge >= 0.3 is 0 Å². The molecule has 2 fully saturated rings. The monoisotopic (exact) mass is 421 g/mol. The number of anilines is 2. The molecule has 9 heteroatoms. The van der Waals surface area contributed by atoms with E-state index in [0.29, 0.717) is 17.9 Å². The lowest BCUT2D eigenvalue weighted by Gasteiger charge is -2.59. The van der Waals surface area contributed by atoms with E-state index in [-0.39, 0.29) is 17.2 Å². The Kier molecular flexibility index (Phi) is 4.49. The van der Waals surface area contributed by atoms with Gasteiger partial charge in [-0.25, -0.2) is 4.52 Å². The van der Waals surface area contributed by atoms with E-state index in [9.17, 15) is 9.59 Å². The lowest BCUT2D eigenvalue weighted by atomic mass is 9.57. The molecule has 2 amide bonds. The van der Waals surface area contributed by atoms with E-state index >= 15 is 0 Å². The molecule has 1 saturated heterocycles. The summed E-state index contributed by atoms with van der Waals surface area (Å²) in [4.78, 5) is 26.6. The summed E-state index contributed by atoms with van der Waals surface area (Å²) in [5.74, 6) is 1.48. The zero-order valence-electron chi connectivity index (χ0n) is 18.1. The summed E-state index contributed by atoms with van der Waals surface area (Å²) in [6.45, 7) is 3.53. The van der Waals surface area contributed by atoms with Crippen molar-refractivity contribution in [1.82, 2.24) is 29.6 Å². The van der Waals surface area contributed by atoms with Crippen molar-refractivity contribution in [2.75, 3.05) is 25.5 Å². The molecule has 1 spiro atoms. The van der Waals surface area contributed by atoms with Crippen LogP contribution in [0.2, 0.25) is 0 Å². The number of carbonyl (C=O) groups is 2. The molecule has 1 saturated carbocycles. The second kappa shape index (κ2) is 7.11. The van der Waals surface area contributed by atoms with Gasteiger partial charge in [0, 0.05) is 56.5 Å². The first-order valence-corrected chi connectivity index (χ1v) is 10.6. The first-order chi connectivity index (χ1) is 14.9. The van der Waals surface area contributed by atoms with Gasteiger partial charge < -0.3 is 15.5 Å². The topological polar surface area (TPSA) is 96.6 Å². The third kappa shape index (κ3) is 3.34. The number of amides is 2. The SMILES string of the molecule is CNC(=O)CC1CC2(C1)CN(C(=O)c1cnn3ccc(Nc4c(C)cnn4C)cc13)C2. The summed E-state index contributed by atoms with van der Waals surface area (Å²) >= 11 is 0. The van der Waals surface area contributed by atoms with Gasteiger partial charge in [0.15, 0.2) is 0 Å². The second-order valence-electron chi connectivity index (χ2n) is 9.04. The largest absolute Gasteiger partial charge is 0.359 e. The molecule has 0 radical (unpaired) electrons. The molecule has 5 rings (SSSR count). The van der Waals surface area contributed by atoms with Crippen LogP contribution in [0.5, 0.6) is 0 Å². The number of hydrogen-bond acceptors (Lipinski definition) is 5. The van der Waals surface area contributed by atoms with E-state index in [0.717, 1.165) is 48.5 Å². The van der Waals surface area contributed by atoms with Gasteiger partial charge in [-0.3, -0.25) is 14.3 Å². The summed E-state index contributed by atoms with van der Waals surface area (Å²) in [5, 5.41) is 14.7. The quantitative estimate of drug-likeness (QED) is 0.658. The molecule has 3 aromatic heterocycles. The average Bonchev–Trinajstić information content (AvgIpc) is 3.26. The minimum absolute atomic E-state index is 0.0178. The first kappa shape index (κ1) is 19.6. The van der Waals surface area contributed by atoms with Crippen molar-refractivity contribution in [1.29, 1.82) is 0 Å². The predicted octanol–water partition coefficient (Wildman–Crippen LogP) is 2.11. The molecule has 4 heterocycles. The molecular weight excluding hydrogens is 394 g/mol. The fourth-order valence-corrected chi connectivity index (χ4v) is 5.10. The fraction of sp³-hybridized carbons (Fsp3) is 0.455. The number of pyridine rings is 1. The van der Waals surface area contributed by atoms with Crippen LogP contribution in [-0.4, -0.2) is 56.2 Å². The van der Waals surface area contributed by atoms with E-state index in [1.165, 1.54) is 0 Å². The lowest BCUT2D eigenvalue weighted by molar-refractivity contribution is -0.127. The van der Waals surface area contributed by atoms with Crippen LogP contribution in [0.1, 0.15) is 35.2 Å². The van der Waals surface area contributed by atoms with Crippen LogP contribution in [0.25, 0.3) is 5.52 Å². The van der Waals surface area contributed by atoms with Gasteiger partial charge in [0.25, 0.3) is 5.91 Å². The van der Waals surface area contributed by atoms with Crippen LogP contribution in [0.4, 0.5) is 11.5 Å². The maximum absolute atomic E-state index is 13.1. The van der Waals surface area contributed by atoms with E-state index < -0.39 is 0 Å². The third-order valence-electron chi connectivity index (χ3n) is 6.67. The van der Waals surface area contributed by atoms with E-state index in [4.69, 9.17) is 0 Å². The smallest absolute Gasteiger partial charge is 0.257 e. The summed E-state index contributed by atoms with van der Waals surface area (Å²) in [7, 11) is 3.57. The Bertz CT molecular complexity index is 1140. The van der Waals surface area contributed by atoms with Crippen LogP contribution >= 0.6 is 0 Å². The van der Waals surface area contributed by atoms with E-state index in [2.05, 4.69) is 20.8 Å². The first-order valence-electron chi connectivity index (χ1n) is 10.6. The normalized spacial score (nSPS) is 17.5. The van der Waals surface area contributed by atoms with E-state index in [1.54, 1.807) is 22.4 Å². The molecule has 3 aromatic rings. The Hall–Kier alpha value is -3.36. The Morgan fingerprint density at radius 2 is 2.00 bits per heavy atom. The van der Waals surface area contributed by atoms with Crippen molar-refractivity contribution >= 4 is 28.8 Å². The minimum atomic E-state index is 0.0178. The van der Waals surface area contributed by atoms with Gasteiger partial charge in [0.2, 0.25) is 5.91 Å². The number of aryl methyl sites for hydroxylation is 2. The summed E-state index contributed by atoms with van der Waals surface area (Å²) in [6.07, 6.45) is 7.96. The number of rotatable bonds is 5. The van der Waals surface area contributed by atoms with Crippen molar-refractivity contribution in [3.8, 4) is 0 Å². The third-order valence-corrected chi connectivity index (χ3v) is 6.67. The van der Waals surface area contributed by atoms with Gasteiger partial charge in [0.05, 0.1) is 23.5 Å². The van der Waals surface area contributed by atoms with Crippen molar-refractivity contribution in [2.24, 2.45) is 18.4 Å².